The Morgan fingerprint density at radius 3 is 2.59 bits per heavy atom. The number of rotatable bonds is 5. The van der Waals surface area contributed by atoms with Gasteiger partial charge in [0.25, 0.3) is 5.91 Å². The zero-order chi connectivity index (χ0) is 15.9. The molecule has 0 bridgehead atoms. The second-order valence-electron chi connectivity index (χ2n) is 4.96. The number of amides is 1. The van der Waals surface area contributed by atoms with E-state index in [0.29, 0.717) is 11.3 Å². The van der Waals surface area contributed by atoms with Gasteiger partial charge in [-0.05, 0) is 38.1 Å². The summed E-state index contributed by atoms with van der Waals surface area (Å²) in [5.41, 5.74) is 5.01. The van der Waals surface area contributed by atoms with Crippen molar-refractivity contribution in [1.82, 2.24) is 5.43 Å². The van der Waals surface area contributed by atoms with Gasteiger partial charge in [-0.1, -0.05) is 29.3 Å². The lowest BCUT2D eigenvalue weighted by Crippen LogP contribution is -2.24. The van der Waals surface area contributed by atoms with E-state index in [0.717, 1.165) is 11.1 Å². The molecule has 0 aliphatic heterocycles. The first-order valence-corrected chi connectivity index (χ1v) is 6.85. The Morgan fingerprint density at radius 1 is 1.18 bits per heavy atom. The van der Waals surface area contributed by atoms with E-state index in [1.807, 2.05) is 26.0 Å². The molecule has 0 heterocycles. The van der Waals surface area contributed by atoms with Crippen molar-refractivity contribution in [2.45, 2.75) is 13.8 Å². The van der Waals surface area contributed by atoms with E-state index >= 15 is 0 Å². The molecular weight excluding hydrogens is 280 g/mol. The van der Waals surface area contributed by atoms with Crippen molar-refractivity contribution < 1.29 is 14.6 Å². The topological polar surface area (TPSA) is 70.9 Å². The van der Waals surface area contributed by atoms with Crippen molar-refractivity contribution in [3.63, 3.8) is 0 Å². The maximum Gasteiger partial charge on any atom is 0.277 e. The Kier molecular flexibility index (Phi) is 5.14. The van der Waals surface area contributed by atoms with Gasteiger partial charge >= 0.3 is 0 Å². The van der Waals surface area contributed by atoms with Crippen LogP contribution in [0, 0.1) is 13.8 Å². The van der Waals surface area contributed by atoms with Crippen LogP contribution in [0.2, 0.25) is 0 Å². The first-order chi connectivity index (χ1) is 10.5. The van der Waals surface area contributed by atoms with Crippen LogP contribution in [0.5, 0.6) is 11.5 Å². The van der Waals surface area contributed by atoms with Gasteiger partial charge in [-0.3, -0.25) is 4.79 Å². The molecule has 0 aliphatic carbocycles. The number of hydrazone groups is 1. The number of ether oxygens (including phenoxy) is 1. The summed E-state index contributed by atoms with van der Waals surface area (Å²) in [6.07, 6.45) is 1.39. The number of carbonyl (C=O) groups excluding carboxylic acids is 1. The second-order valence-corrected chi connectivity index (χ2v) is 4.96. The largest absolute Gasteiger partial charge is 0.507 e. The molecule has 0 radical (unpaired) electrons. The van der Waals surface area contributed by atoms with Crippen molar-refractivity contribution in [3.8, 4) is 11.5 Å². The van der Waals surface area contributed by atoms with E-state index in [1.54, 1.807) is 30.3 Å². The van der Waals surface area contributed by atoms with Crippen LogP contribution < -0.4 is 10.2 Å². The third-order valence-electron chi connectivity index (χ3n) is 2.97. The van der Waals surface area contributed by atoms with Crippen molar-refractivity contribution >= 4 is 12.1 Å². The minimum Gasteiger partial charge on any atom is -0.507 e. The number of phenols is 1. The monoisotopic (exact) mass is 298 g/mol. The molecule has 0 fully saturated rings. The molecule has 5 nitrogen and oxygen atoms in total. The van der Waals surface area contributed by atoms with Crippen LogP contribution >= 0.6 is 0 Å². The van der Waals surface area contributed by atoms with Gasteiger partial charge < -0.3 is 9.84 Å². The lowest BCUT2D eigenvalue weighted by molar-refractivity contribution is -0.123. The minimum atomic E-state index is -0.371. The number of benzene rings is 2. The van der Waals surface area contributed by atoms with Gasteiger partial charge in [0.15, 0.2) is 6.61 Å². The molecule has 0 spiro atoms. The van der Waals surface area contributed by atoms with Crippen LogP contribution in [0.15, 0.2) is 47.6 Å². The van der Waals surface area contributed by atoms with Gasteiger partial charge in [-0.25, -0.2) is 5.43 Å². The van der Waals surface area contributed by atoms with Crippen LogP contribution in [0.3, 0.4) is 0 Å². The number of nitrogens with zero attached hydrogens (tertiary/aromatic N) is 1. The fourth-order valence-corrected chi connectivity index (χ4v) is 1.77. The third kappa shape index (κ3) is 4.63. The fourth-order valence-electron chi connectivity index (χ4n) is 1.77. The van der Waals surface area contributed by atoms with E-state index in [2.05, 4.69) is 10.5 Å². The Morgan fingerprint density at radius 2 is 1.86 bits per heavy atom. The molecule has 0 aromatic heterocycles. The number of nitrogens with one attached hydrogen (secondary N) is 1. The summed E-state index contributed by atoms with van der Waals surface area (Å²) in [6.45, 7) is 3.76. The van der Waals surface area contributed by atoms with Crippen molar-refractivity contribution in [1.29, 1.82) is 0 Å². The van der Waals surface area contributed by atoms with Crippen molar-refractivity contribution in [2.24, 2.45) is 5.10 Å². The highest BCUT2D eigenvalue weighted by Gasteiger charge is 2.02. The van der Waals surface area contributed by atoms with E-state index in [1.165, 1.54) is 6.21 Å². The van der Waals surface area contributed by atoms with Gasteiger partial charge in [0.2, 0.25) is 0 Å². The normalized spacial score (nSPS) is 10.6. The molecule has 2 N–H and O–H groups in total. The summed E-state index contributed by atoms with van der Waals surface area (Å²) >= 11 is 0. The lowest BCUT2D eigenvalue weighted by atomic mass is 10.1. The maximum absolute atomic E-state index is 11.6. The highest BCUT2D eigenvalue weighted by atomic mass is 16.5. The van der Waals surface area contributed by atoms with Gasteiger partial charge in [-0.2, -0.15) is 5.10 Å². The highest BCUT2D eigenvalue weighted by molar-refractivity contribution is 5.85. The molecular formula is C17H18N2O3. The van der Waals surface area contributed by atoms with Crippen LogP contribution in [-0.2, 0) is 4.79 Å². The van der Waals surface area contributed by atoms with Gasteiger partial charge in [-0.15, -0.1) is 0 Å². The van der Waals surface area contributed by atoms with E-state index < -0.39 is 0 Å². The summed E-state index contributed by atoms with van der Waals surface area (Å²) in [5.74, 6) is 0.365. The summed E-state index contributed by atoms with van der Waals surface area (Å²) in [5, 5.41) is 13.5. The molecule has 5 heteroatoms. The molecule has 2 aromatic carbocycles. The molecule has 114 valence electrons. The molecule has 0 unspecified atom stereocenters. The Labute approximate surface area is 129 Å². The number of aryl methyl sites for hydroxylation is 2. The number of phenolic OH excluding ortho intramolecular Hbond substituents is 1. The Bertz CT molecular complexity index is 679. The smallest absolute Gasteiger partial charge is 0.277 e. The predicted octanol–water partition coefficient (Wildman–Crippen LogP) is 2.54. The molecule has 2 rings (SSSR count). The first-order valence-electron chi connectivity index (χ1n) is 6.85. The third-order valence-corrected chi connectivity index (χ3v) is 2.97. The van der Waals surface area contributed by atoms with Gasteiger partial charge in [0, 0.05) is 5.56 Å². The Balaban J connectivity index is 1.83. The lowest BCUT2D eigenvalue weighted by Gasteiger charge is -2.05. The summed E-state index contributed by atoms with van der Waals surface area (Å²) in [4.78, 5) is 11.6. The van der Waals surface area contributed by atoms with Crippen LogP contribution in [-0.4, -0.2) is 23.8 Å². The molecule has 0 aliphatic rings. The number of aromatic hydroxyl groups is 1. The number of hydrogen-bond donors (Lipinski definition) is 2. The zero-order valence-electron chi connectivity index (χ0n) is 12.5. The highest BCUT2D eigenvalue weighted by Crippen LogP contribution is 2.15. The minimum absolute atomic E-state index is 0.111. The zero-order valence-corrected chi connectivity index (χ0v) is 12.5. The van der Waals surface area contributed by atoms with Crippen LogP contribution in [0.4, 0.5) is 0 Å². The molecule has 0 saturated carbocycles. The van der Waals surface area contributed by atoms with Crippen molar-refractivity contribution in [2.75, 3.05) is 6.61 Å². The van der Waals surface area contributed by atoms with E-state index in [4.69, 9.17) is 4.74 Å². The quantitative estimate of drug-likeness (QED) is 0.658. The molecule has 22 heavy (non-hydrogen) atoms. The van der Waals surface area contributed by atoms with Gasteiger partial charge in [0.1, 0.15) is 11.5 Å². The molecule has 0 atom stereocenters. The average molecular weight is 298 g/mol. The Hall–Kier alpha value is -2.82. The summed E-state index contributed by atoms with van der Waals surface area (Å²) in [6, 6.07) is 12.6. The maximum atomic E-state index is 11.6. The predicted molar refractivity (Wildman–Crippen MR) is 85.3 cm³/mol. The van der Waals surface area contributed by atoms with Crippen LogP contribution in [0.25, 0.3) is 0 Å². The van der Waals surface area contributed by atoms with Gasteiger partial charge in [0.05, 0.1) is 6.21 Å². The summed E-state index contributed by atoms with van der Waals surface area (Å²) in [7, 11) is 0. The first kappa shape index (κ1) is 15.6. The molecule has 2 aromatic rings. The SMILES string of the molecule is Cc1ccc(OCC(=O)NN=Cc2cc(C)ccc2O)cc1. The average Bonchev–Trinajstić information content (AvgIpc) is 2.50. The van der Waals surface area contributed by atoms with E-state index in [-0.39, 0.29) is 18.3 Å². The molecule has 0 saturated heterocycles. The van der Waals surface area contributed by atoms with Crippen LogP contribution in [0.1, 0.15) is 16.7 Å². The summed E-state index contributed by atoms with van der Waals surface area (Å²) < 4.78 is 5.33. The fraction of sp³-hybridized carbons (Fsp3) is 0.176. The molecule has 1 amide bonds. The van der Waals surface area contributed by atoms with E-state index in [9.17, 15) is 9.90 Å². The number of carbonyl (C=O) groups is 1. The number of hydrogen-bond acceptors (Lipinski definition) is 4. The second kappa shape index (κ2) is 7.26. The van der Waals surface area contributed by atoms with Crippen molar-refractivity contribution in [3.05, 3.63) is 59.2 Å². The standard InChI is InChI=1S/C17H18N2O3/c1-12-3-6-15(7-4-12)22-11-17(21)19-18-10-14-9-13(2)5-8-16(14)20/h3-10,20H,11H2,1-2H3,(H,19,21).